The van der Waals surface area contributed by atoms with Crippen molar-refractivity contribution in [2.75, 3.05) is 37.8 Å². The van der Waals surface area contributed by atoms with Gasteiger partial charge in [-0.05, 0) is 6.92 Å². The summed E-state index contributed by atoms with van der Waals surface area (Å²) in [6.07, 6.45) is -7.79. The number of phosphoric acid groups is 3. The smallest absolute Gasteiger partial charge is 0.393 e. The van der Waals surface area contributed by atoms with Crippen LogP contribution in [0.15, 0.2) is 12.7 Å². The van der Waals surface area contributed by atoms with Crippen molar-refractivity contribution < 1.29 is 85.6 Å². The summed E-state index contributed by atoms with van der Waals surface area (Å²) in [6.45, 7) is 1.83. The molecule has 29 heteroatoms. The van der Waals surface area contributed by atoms with E-state index in [0.717, 1.165) is 29.0 Å². The fourth-order valence-electron chi connectivity index (χ4n) is 4.60. The van der Waals surface area contributed by atoms with Crippen molar-refractivity contribution >= 4 is 69.1 Å². The first-order chi connectivity index (χ1) is 24.9. The molecule has 11 N–H and O–H groups in total. The number of nitrogens with one attached hydrogen (secondary N) is 2. The Morgan fingerprint density at radius 3 is 2.37 bits per heavy atom. The third kappa shape index (κ3) is 13.9. The average Bonchev–Trinajstić information content (AvgIpc) is 3.60. The molecule has 54 heavy (non-hydrogen) atoms. The lowest BCUT2D eigenvalue weighted by atomic mass is 9.87. The maximum atomic E-state index is 12.6. The number of hydrogen-bond donors (Lipinski definition) is 10. The number of carbonyl (C=O) groups is 3. The predicted octanol–water partition coefficient (Wildman–Crippen LogP) is -1.56. The molecule has 3 rings (SSSR count). The highest BCUT2D eigenvalue weighted by Crippen LogP contribution is 2.61. The first-order valence-electron chi connectivity index (χ1n) is 15.6. The second-order valence-electron chi connectivity index (χ2n) is 12.3. The standard InChI is InChI=1S/C25H42N7O18P3S/c1-13(33)8-16(35)54-7-6-27-15(34)4-5-28-23(38)20(37)25(2,3)10-47-53(44,45)50-52(42,43)46-9-14-19(49-51(39,40)41)18(36)24(48-14)32-12-31-17-21(26)29-11-30-22(17)32/h11-14,18-20,24,33,36-37H,4-10H2,1-3H3,(H,27,34)(H,28,38)(H,42,43)(H,44,45)(H2,26,29,30)(H2,39,40,41)/t13-,14-,18+,19+,20-,24-/m0/s1. The van der Waals surface area contributed by atoms with Gasteiger partial charge in [-0.15, -0.1) is 0 Å². The van der Waals surface area contributed by atoms with Crippen LogP contribution in [0.3, 0.4) is 0 Å². The molecule has 25 nitrogen and oxygen atoms in total. The quantitative estimate of drug-likeness (QED) is 0.0501. The zero-order chi connectivity index (χ0) is 40.6. The van der Waals surface area contributed by atoms with Gasteiger partial charge in [0.1, 0.15) is 36.3 Å². The van der Waals surface area contributed by atoms with Crippen molar-refractivity contribution in [2.24, 2.45) is 5.41 Å². The van der Waals surface area contributed by atoms with Crippen LogP contribution in [-0.2, 0) is 50.7 Å². The summed E-state index contributed by atoms with van der Waals surface area (Å²) < 4.78 is 61.9. The van der Waals surface area contributed by atoms with Crippen LogP contribution in [0.5, 0.6) is 0 Å². The van der Waals surface area contributed by atoms with Crippen molar-refractivity contribution in [3.8, 4) is 0 Å². The second kappa shape index (κ2) is 19.1. The van der Waals surface area contributed by atoms with E-state index in [1.807, 2.05) is 0 Å². The van der Waals surface area contributed by atoms with Crippen molar-refractivity contribution in [2.45, 2.75) is 70.4 Å². The molecule has 1 saturated heterocycles. The van der Waals surface area contributed by atoms with Gasteiger partial charge < -0.3 is 56.0 Å². The Morgan fingerprint density at radius 2 is 1.72 bits per heavy atom. The monoisotopic (exact) mass is 853 g/mol. The number of thioether (sulfide) groups is 1. The number of nitrogens with zero attached hydrogens (tertiary/aromatic N) is 4. The van der Waals surface area contributed by atoms with E-state index in [-0.39, 0.29) is 53.8 Å². The zero-order valence-corrected chi connectivity index (χ0v) is 32.3. The van der Waals surface area contributed by atoms with Gasteiger partial charge in [0, 0.05) is 37.1 Å². The van der Waals surface area contributed by atoms with E-state index in [4.69, 9.17) is 19.5 Å². The van der Waals surface area contributed by atoms with Gasteiger partial charge in [-0.1, -0.05) is 25.6 Å². The average molecular weight is 854 g/mol. The Morgan fingerprint density at radius 1 is 1.06 bits per heavy atom. The van der Waals surface area contributed by atoms with E-state index in [1.54, 1.807) is 0 Å². The number of nitrogen functional groups attached to an aromatic ring is 1. The molecule has 1 aliphatic heterocycles. The summed E-state index contributed by atoms with van der Waals surface area (Å²) in [6, 6.07) is 0. The van der Waals surface area contributed by atoms with Crippen LogP contribution >= 0.6 is 35.2 Å². The number of phosphoric ester groups is 3. The van der Waals surface area contributed by atoms with E-state index in [9.17, 15) is 63.0 Å². The molecule has 306 valence electrons. The Hall–Kier alpha value is -2.48. The molecule has 2 aromatic heterocycles. The lowest BCUT2D eigenvalue weighted by Gasteiger charge is -2.30. The van der Waals surface area contributed by atoms with Crippen LogP contribution in [0.4, 0.5) is 5.82 Å². The fourth-order valence-corrected chi connectivity index (χ4v) is 8.22. The summed E-state index contributed by atoms with van der Waals surface area (Å²) in [5, 5.41) is 35.2. The molecular formula is C25H42N7O18P3S. The molecule has 1 aliphatic rings. The molecule has 8 atom stereocenters. The largest absolute Gasteiger partial charge is 0.481 e. The lowest BCUT2D eigenvalue weighted by Crippen LogP contribution is -2.46. The number of rotatable bonds is 21. The molecule has 0 aromatic carbocycles. The third-order valence-electron chi connectivity index (χ3n) is 7.23. The number of fused-ring (bicyclic) bond motifs is 1. The highest BCUT2D eigenvalue weighted by Gasteiger charge is 2.50. The minimum atomic E-state index is -5.57. The summed E-state index contributed by atoms with van der Waals surface area (Å²) >= 11 is 0.939. The molecule has 2 amide bonds. The van der Waals surface area contributed by atoms with Gasteiger partial charge >= 0.3 is 23.5 Å². The molecule has 1 fully saturated rings. The van der Waals surface area contributed by atoms with Crippen LogP contribution in [0.1, 0.15) is 39.8 Å². The number of imidazole rings is 1. The number of aliphatic hydroxyl groups excluding tert-OH is 3. The molecule has 0 aliphatic carbocycles. The van der Waals surface area contributed by atoms with Crippen molar-refractivity contribution in [1.29, 1.82) is 0 Å². The van der Waals surface area contributed by atoms with Gasteiger partial charge in [0.05, 0.1) is 25.6 Å². The SMILES string of the molecule is C[C@H](O)CC(=O)SCCNC(=O)CCNC(=O)[C@H](O)C(C)(C)COP(=O)(O)OP(=O)(O)OC[C@@H]1O[C@H](n2cnc3c(N)ncnc32)[C@H](O)[C@@H]1OP(=O)(O)O. The van der Waals surface area contributed by atoms with Crippen LogP contribution in [0, 0.1) is 5.41 Å². The molecule has 0 radical (unpaired) electrons. The molecule has 0 saturated carbocycles. The van der Waals surface area contributed by atoms with E-state index < -0.39 is 90.7 Å². The third-order valence-corrected chi connectivity index (χ3v) is 11.2. The number of carbonyl (C=O) groups excluding carboxylic acids is 3. The van der Waals surface area contributed by atoms with Gasteiger partial charge in [0.25, 0.3) is 0 Å². The minimum absolute atomic E-state index is 0.0259. The van der Waals surface area contributed by atoms with E-state index in [0.29, 0.717) is 0 Å². The van der Waals surface area contributed by atoms with Crippen LogP contribution in [-0.4, -0.2) is 134 Å². The Labute approximate surface area is 310 Å². The number of anilines is 1. The fraction of sp³-hybridized carbons (Fsp3) is 0.680. The summed E-state index contributed by atoms with van der Waals surface area (Å²) in [5.41, 5.74) is 4.23. The van der Waals surface area contributed by atoms with Crippen molar-refractivity contribution in [3.05, 3.63) is 12.7 Å². The Balaban J connectivity index is 1.51. The van der Waals surface area contributed by atoms with Gasteiger partial charge in [-0.2, -0.15) is 4.31 Å². The minimum Gasteiger partial charge on any atom is -0.393 e. The topological polar surface area (TPSA) is 384 Å². The van der Waals surface area contributed by atoms with Gasteiger partial charge in [-0.25, -0.2) is 28.6 Å². The zero-order valence-electron chi connectivity index (χ0n) is 28.8. The van der Waals surface area contributed by atoms with Crippen LogP contribution in [0.25, 0.3) is 11.2 Å². The molecule has 3 heterocycles. The summed E-state index contributed by atoms with van der Waals surface area (Å²) in [7, 11) is -16.4. The highest BCUT2D eigenvalue weighted by atomic mass is 32.2. The number of ether oxygens (including phenoxy) is 1. The molecule has 2 unspecified atom stereocenters. The van der Waals surface area contributed by atoms with Crippen LogP contribution < -0.4 is 16.4 Å². The van der Waals surface area contributed by atoms with E-state index >= 15 is 0 Å². The number of aromatic nitrogens is 4. The van der Waals surface area contributed by atoms with Crippen molar-refractivity contribution in [1.82, 2.24) is 30.2 Å². The van der Waals surface area contributed by atoms with E-state index in [1.165, 1.54) is 20.8 Å². The highest BCUT2D eigenvalue weighted by molar-refractivity contribution is 8.13. The molecular weight excluding hydrogens is 811 g/mol. The van der Waals surface area contributed by atoms with Gasteiger partial charge in [0.15, 0.2) is 22.8 Å². The number of nitrogens with two attached hydrogens (primary N) is 1. The summed E-state index contributed by atoms with van der Waals surface area (Å²) in [5.74, 6) is -1.25. The van der Waals surface area contributed by atoms with E-state index in [2.05, 4.69) is 34.4 Å². The predicted molar refractivity (Wildman–Crippen MR) is 183 cm³/mol. The molecule has 0 spiro atoms. The number of amides is 2. The Kier molecular flexibility index (Phi) is 16.2. The van der Waals surface area contributed by atoms with Crippen molar-refractivity contribution in [3.63, 3.8) is 0 Å². The molecule has 2 aromatic rings. The Bertz CT molecular complexity index is 1780. The van der Waals surface area contributed by atoms with Crippen LogP contribution in [0.2, 0.25) is 0 Å². The molecule has 0 bridgehead atoms. The first-order valence-corrected chi connectivity index (χ1v) is 21.1. The maximum absolute atomic E-state index is 12.6. The summed E-state index contributed by atoms with van der Waals surface area (Å²) in [4.78, 5) is 86.9. The number of hydrogen-bond acceptors (Lipinski definition) is 19. The van der Waals surface area contributed by atoms with Gasteiger partial charge in [0.2, 0.25) is 11.8 Å². The lowest BCUT2D eigenvalue weighted by molar-refractivity contribution is -0.137. The van der Waals surface area contributed by atoms with Gasteiger partial charge in [-0.3, -0.25) is 32.5 Å². The first kappa shape index (κ1) is 45.9. The maximum Gasteiger partial charge on any atom is 0.481 e. The normalized spacial score (nSPS) is 22.6. The number of aliphatic hydroxyl groups is 3. The second-order valence-corrected chi connectivity index (χ2v) is 17.7.